The van der Waals surface area contributed by atoms with Gasteiger partial charge >= 0.3 is 0 Å². The number of aryl methyl sites for hydroxylation is 1. The van der Waals surface area contributed by atoms with Gasteiger partial charge < -0.3 is 15.0 Å². The van der Waals surface area contributed by atoms with Gasteiger partial charge in [0.25, 0.3) is 0 Å². The van der Waals surface area contributed by atoms with Crippen LogP contribution < -0.4 is 10.2 Å². The molecule has 0 amide bonds. The zero-order chi connectivity index (χ0) is 14.5. The van der Waals surface area contributed by atoms with Crippen LogP contribution in [0.3, 0.4) is 0 Å². The number of hydrogen-bond acceptors (Lipinski definition) is 6. The smallest absolute Gasteiger partial charge is 0.227 e. The number of aromatic nitrogens is 2. The molecule has 0 bridgehead atoms. The van der Waals surface area contributed by atoms with E-state index in [9.17, 15) is 0 Å². The highest BCUT2D eigenvalue weighted by Gasteiger charge is 2.22. The number of nitrogens with zero attached hydrogens (tertiary/aromatic N) is 3. The van der Waals surface area contributed by atoms with Gasteiger partial charge in [-0.05, 0) is 37.9 Å². The minimum atomic E-state index is 0.784. The highest BCUT2D eigenvalue weighted by molar-refractivity contribution is 7.99. The molecule has 0 unspecified atom stereocenters. The van der Waals surface area contributed by atoms with Gasteiger partial charge in [-0.2, -0.15) is 4.98 Å². The Balaban J connectivity index is 1.79. The Morgan fingerprint density at radius 1 is 1.24 bits per heavy atom. The van der Waals surface area contributed by atoms with Gasteiger partial charge in [0.1, 0.15) is 5.82 Å². The first-order valence-corrected chi connectivity index (χ1v) is 8.88. The number of thioether (sulfide) groups is 1. The van der Waals surface area contributed by atoms with Gasteiger partial charge in [0.05, 0.1) is 10.6 Å². The summed E-state index contributed by atoms with van der Waals surface area (Å²) in [5.74, 6) is 3.12. The van der Waals surface area contributed by atoms with Gasteiger partial charge in [-0.15, -0.1) is 11.8 Å². The van der Waals surface area contributed by atoms with Gasteiger partial charge in [0.15, 0.2) is 0 Å². The zero-order valence-electron chi connectivity index (χ0n) is 12.7. The number of fused-ring (bicyclic) bond motifs is 1. The number of ether oxygens (including phenoxy) is 1. The molecule has 2 aliphatic heterocycles. The number of rotatable bonds is 6. The molecule has 1 aromatic heterocycles. The van der Waals surface area contributed by atoms with Gasteiger partial charge in [0.2, 0.25) is 5.95 Å². The van der Waals surface area contributed by atoms with Gasteiger partial charge in [-0.1, -0.05) is 0 Å². The van der Waals surface area contributed by atoms with E-state index in [0.717, 1.165) is 50.8 Å². The first-order valence-electron chi connectivity index (χ1n) is 7.90. The van der Waals surface area contributed by atoms with Crippen molar-refractivity contribution >= 4 is 23.5 Å². The molecule has 0 atom stereocenters. The summed E-state index contributed by atoms with van der Waals surface area (Å²) in [6, 6.07) is 0. The molecular formula is C15H24N4OS. The van der Waals surface area contributed by atoms with E-state index in [4.69, 9.17) is 14.7 Å². The predicted molar refractivity (Wildman–Crippen MR) is 87.5 cm³/mol. The molecule has 1 saturated heterocycles. The normalized spacial score (nSPS) is 17.9. The number of nitrogens with one attached hydrogen (secondary N) is 1. The highest BCUT2D eigenvalue weighted by Crippen LogP contribution is 2.35. The molecular weight excluding hydrogens is 284 g/mol. The van der Waals surface area contributed by atoms with Crippen LogP contribution in [0.4, 0.5) is 11.8 Å². The summed E-state index contributed by atoms with van der Waals surface area (Å²) in [7, 11) is 1.74. The fourth-order valence-corrected chi connectivity index (χ4v) is 3.88. The highest BCUT2D eigenvalue weighted by atomic mass is 32.2. The molecule has 0 saturated carbocycles. The van der Waals surface area contributed by atoms with Crippen molar-refractivity contribution in [2.75, 3.05) is 49.3 Å². The molecule has 116 valence electrons. The molecule has 3 rings (SSSR count). The molecule has 0 aliphatic carbocycles. The van der Waals surface area contributed by atoms with Crippen molar-refractivity contribution < 1.29 is 4.74 Å². The van der Waals surface area contributed by atoms with E-state index >= 15 is 0 Å². The van der Waals surface area contributed by atoms with Crippen molar-refractivity contribution in [3.8, 4) is 0 Å². The maximum absolute atomic E-state index is 5.11. The topological polar surface area (TPSA) is 50.3 Å². The summed E-state index contributed by atoms with van der Waals surface area (Å²) >= 11 is 1.89. The summed E-state index contributed by atoms with van der Waals surface area (Å²) in [4.78, 5) is 13.2. The molecule has 21 heavy (non-hydrogen) atoms. The average Bonchev–Trinajstić information content (AvgIpc) is 3.05. The summed E-state index contributed by atoms with van der Waals surface area (Å²) in [5.41, 5.74) is 1.23. The van der Waals surface area contributed by atoms with E-state index in [1.165, 1.54) is 35.6 Å². The van der Waals surface area contributed by atoms with Gasteiger partial charge in [0, 0.05) is 33.4 Å². The minimum absolute atomic E-state index is 0.784. The maximum Gasteiger partial charge on any atom is 0.227 e. The van der Waals surface area contributed by atoms with Crippen LogP contribution in [0.25, 0.3) is 0 Å². The lowest BCUT2D eigenvalue weighted by molar-refractivity contribution is 0.197. The number of methoxy groups -OCH3 is 1. The third-order valence-electron chi connectivity index (χ3n) is 3.93. The fourth-order valence-electron chi connectivity index (χ4n) is 2.82. The summed E-state index contributed by atoms with van der Waals surface area (Å²) in [5, 5.41) is 3.49. The Morgan fingerprint density at radius 2 is 2.10 bits per heavy atom. The second-order valence-electron chi connectivity index (χ2n) is 5.57. The summed E-state index contributed by atoms with van der Waals surface area (Å²) in [6.45, 7) is 3.87. The van der Waals surface area contributed by atoms with Crippen molar-refractivity contribution in [1.29, 1.82) is 0 Å². The second-order valence-corrected chi connectivity index (χ2v) is 6.67. The van der Waals surface area contributed by atoms with Crippen LogP contribution in [0.2, 0.25) is 0 Å². The van der Waals surface area contributed by atoms with Crippen LogP contribution in [0.1, 0.15) is 31.4 Å². The quantitative estimate of drug-likeness (QED) is 0.815. The first-order chi connectivity index (χ1) is 10.4. The third-order valence-corrected chi connectivity index (χ3v) is 5.15. The lowest BCUT2D eigenvalue weighted by Crippen LogP contribution is -2.23. The monoisotopic (exact) mass is 308 g/mol. The molecule has 2 aliphatic rings. The Kier molecular flexibility index (Phi) is 5.19. The molecule has 0 spiro atoms. The van der Waals surface area contributed by atoms with Gasteiger partial charge in [-0.3, -0.25) is 0 Å². The molecule has 1 N–H and O–H groups in total. The van der Waals surface area contributed by atoms with Crippen molar-refractivity contribution in [1.82, 2.24) is 9.97 Å². The minimum Gasteiger partial charge on any atom is -0.385 e. The molecule has 0 radical (unpaired) electrons. The molecule has 3 heterocycles. The summed E-state index contributed by atoms with van der Waals surface area (Å²) in [6.07, 6.45) is 5.81. The maximum atomic E-state index is 5.11. The zero-order valence-corrected chi connectivity index (χ0v) is 13.5. The third kappa shape index (κ3) is 3.61. The van der Waals surface area contributed by atoms with Crippen LogP contribution in [0, 0.1) is 0 Å². The Labute approximate surface area is 130 Å². The van der Waals surface area contributed by atoms with Crippen LogP contribution in [0.15, 0.2) is 4.90 Å². The SMILES string of the molecule is COCCCNc1nc(N2CCCC2)nc2c1SCCC2. The second kappa shape index (κ2) is 7.31. The fraction of sp³-hybridized carbons (Fsp3) is 0.733. The molecule has 6 heteroatoms. The van der Waals surface area contributed by atoms with Crippen molar-refractivity contribution in [3.63, 3.8) is 0 Å². The Bertz CT molecular complexity index is 477. The van der Waals surface area contributed by atoms with Crippen LogP contribution >= 0.6 is 11.8 Å². The lowest BCUT2D eigenvalue weighted by Gasteiger charge is -2.22. The summed E-state index contributed by atoms with van der Waals surface area (Å²) < 4.78 is 5.11. The van der Waals surface area contributed by atoms with E-state index < -0.39 is 0 Å². The number of hydrogen-bond donors (Lipinski definition) is 1. The Morgan fingerprint density at radius 3 is 2.90 bits per heavy atom. The lowest BCUT2D eigenvalue weighted by atomic mass is 10.2. The predicted octanol–water partition coefficient (Wildman–Crippen LogP) is 2.56. The van der Waals surface area contributed by atoms with Crippen molar-refractivity contribution in [3.05, 3.63) is 5.69 Å². The van der Waals surface area contributed by atoms with E-state index in [1.807, 2.05) is 11.8 Å². The largest absolute Gasteiger partial charge is 0.385 e. The van der Waals surface area contributed by atoms with E-state index in [2.05, 4.69) is 10.2 Å². The standard InChI is InChI=1S/C15H24N4OS/c1-20-10-5-7-16-14-13-12(6-4-11-21-13)17-15(18-14)19-8-2-3-9-19/h2-11H2,1H3,(H,16,17,18). The molecule has 1 fully saturated rings. The van der Waals surface area contributed by atoms with E-state index in [0.29, 0.717) is 0 Å². The average molecular weight is 308 g/mol. The van der Waals surface area contributed by atoms with Crippen LogP contribution in [0.5, 0.6) is 0 Å². The Hall–Kier alpha value is -1.01. The van der Waals surface area contributed by atoms with Crippen LogP contribution in [-0.2, 0) is 11.2 Å². The van der Waals surface area contributed by atoms with Crippen LogP contribution in [-0.4, -0.2) is 49.1 Å². The van der Waals surface area contributed by atoms with E-state index in [1.54, 1.807) is 7.11 Å². The first kappa shape index (κ1) is 14.9. The number of anilines is 2. The van der Waals surface area contributed by atoms with E-state index in [-0.39, 0.29) is 0 Å². The molecule has 1 aromatic rings. The van der Waals surface area contributed by atoms with Gasteiger partial charge in [-0.25, -0.2) is 4.98 Å². The molecule has 5 nitrogen and oxygen atoms in total. The van der Waals surface area contributed by atoms with Crippen molar-refractivity contribution in [2.24, 2.45) is 0 Å². The molecule has 0 aromatic carbocycles. The van der Waals surface area contributed by atoms with Crippen molar-refractivity contribution in [2.45, 2.75) is 37.0 Å².